The molecule has 0 aliphatic carbocycles. The molecule has 26 heavy (non-hydrogen) atoms. The van der Waals surface area contributed by atoms with Crippen LogP contribution in [0.1, 0.15) is 55.9 Å². The van der Waals surface area contributed by atoms with E-state index in [4.69, 9.17) is 4.52 Å². The molecule has 1 aliphatic heterocycles. The van der Waals surface area contributed by atoms with Crippen LogP contribution in [0.3, 0.4) is 0 Å². The number of carbonyl (C=O) groups excluding carboxylic acids is 1. The van der Waals surface area contributed by atoms with Gasteiger partial charge >= 0.3 is 0 Å². The summed E-state index contributed by atoms with van der Waals surface area (Å²) < 4.78 is 5.31. The van der Waals surface area contributed by atoms with Crippen molar-refractivity contribution in [2.75, 3.05) is 13.1 Å². The van der Waals surface area contributed by atoms with Crippen LogP contribution in [-0.4, -0.2) is 29.1 Å². The van der Waals surface area contributed by atoms with E-state index in [1.807, 2.05) is 37.3 Å². The molecule has 6 nitrogen and oxygen atoms in total. The zero-order valence-corrected chi connectivity index (χ0v) is 15.9. The number of carbonyl (C=O) groups is 1. The fourth-order valence-electron chi connectivity index (χ4n) is 3.17. The second-order valence-electron chi connectivity index (χ2n) is 6.73. The van der Waals surface area contributed by atoms with E-state index < -0.39 is 0 Å². The maximum Gasteiger partial charge on any atom is 0.248 e. The van der Waals surface area contributed by atoms with Crippen LogP contribution in [0.5, 0.6) is 0 Å². The van der Waals surface area contributed by atoms with Crippen LogP contribution in [-0.2, 0) is 11.2 Å². The van der Waals surface area contributed by atoms with Crippen molar-refractivity contribution in [2.24, 2.45) is 5.92 Å². The molecule has 1 saturated heterocycles. The molecule has 1 amide bonds. The summed E-state index contributed by atoms with van der Waals surface area (Å²) in [5, 5.41) is 10.3. The number of hydrogen-bond donors (Lipinski definition) is 2. The quantitative estimate of drug-likeness (QED) is 0.774. The summed E-state index contributed by atoms with van der Waals surface area (Å²) in [6, 6.07) is 9.75. The highest BCUT2D eigenvalue weighted by Crippen LogP contribution is 2.18. The largest absolute Gasteiger partial charge is 0.345 e. The molecule has 1 aromatic carbocycles. The predicted molar refractivity (Wildman–Crippen MR) is 102 cm³/mol. The van der Waals surface area contributed by atoms with E-state index in [0.717, 1.165) is 37.9 Å². The molecule has 1 fully saturated rings. The summed E-state index contributed by atoms with van der Waals surface area (Å²) in [5.41, 5.74) is 1.13. The van der Waals surface area contributed by atoms with E-state index in [0.29, 0.717) is 30.5 Å². The minimum Gasteiger partial charge on any atom is -0.345 e. The molecule has 2 N–H and O–H groups in total. The number of piperidine rings is 1. The highest BCUT2D eigenvalue weighted by molar-refractivity contribution is 5.85. The van der Waals surface area contributed by atoms with Gasteiger partial charge in [-0.05, 0) is 50.8 Å². The summed E-state index contributed by atoms with van der Waals surface area (Å²) in [7, 11) is 0. The van der Waals surface area contributed by atoms with Gasteiger partial charge in [-0.2, -0.15) is 4.98 Å². The molecule has 1 atom stereocenters. The number of amides is 1. The van der Waals surface area contributed by atoms with Crippen LogP contribution in [0, 0.1) is 5.92 Å². The van der Waals surface area contributed by atoms with Crippen molar-refractivity contribution in [1.29, 1.82) is 0 Å². The third-order valence-corrected chi connectivity index (χ3v) is 4.68. The molecule has 7 heteroatoms. The lowest BCUT2D eigenvalue weighted by atomic mass is 9.93. The molecule has 1 aliphatic rings. The average Bonchev–Trinajstić information content (AvgIpc) is 3.10. The Morgan fingerprint density at radius 1 is 1.31 bits per heavy atom. The third-order valence-electron chi connectivity index (χ3n) is 4.68. The highest BCUT2D eigenvalue weighted by atomic mass is 35.5. The molecule has 142 valence electrons. The van der Waals surface area contributed by atoms with E-state index in [2.05, 4.69) is 20.8 Å². The second kappa shape index (κ2) is 10.3. The number of benzene rings is 1. The summed E-state index contributed by atoms with van der Waals surface area (Å²) in [6.45, 7) is 4.01. The molecule has 0 saturated carbocycles. The Hall–Kier alpha value is -1.92. The van der Waals surface area contributed by atoms with E-state index in [-0.39, 0.29) is 24.4 Å². The second-order valence-corrected chi connectivity index (χ2v) is 6.73. The lowest BCUT2D eigenvalue weighted by Crippen LogP contribution is -2.30. The number of aromatic nitrogens is 2. The first kappa shape index (κ1) is 20.4. The fourth-order valence-corrected chi connectivity index (χ4v) is 3.17. The summed E-state index contributed by atoms with van der Waals surface area (Å²) in [6.07, 6.45) is 4.45. The summed E-state index contributed by atoms with van der Waals surface area (Å²) in [4.78, 5) is 16.6. The number of hydrogen-bond acceptors (Lipinski definition) is 5. The first-order valence-corrected chi connectivity index (χ1v) is 9.07. The van der Waals surface area contributed by atoms with Crippen LogP contribution in [0.25, 0.3) is 0 Å². The van der Waals surface area contributed by atoms with Gasteiger partial charge in [0, 0.05) is 12.8 Å². The molecule has 2 heterocycles. The fraction of sp³-hybridized carbons (Fsp3) is 0.526. The Morgan fingerprint density at radius 2 is 2.04 bits per heavy atom. The van der Waals surface area contributed by atoms with Crippen molar-refractivity contribution in [3.05, 3.63) is 47.6 Å². The molecule has 1 aromatic heterocycles. The third kappa shape index (κ3) is 6.11. The van der Waals surface area contributed by atoms with Gasteiger partial charge in [-0.25, -0.2) is 0 Å². The minimum atomic E-state index is -0.266. The van der Waals surface area contributed by atoms with Crippen molar-refractivity contribution >= 4 is 18.3 Å². The van der Waals surface area contributed by atoms with Crippen molar-refractivity contribution in [3.8, 4) is 0 Å². The van der Waals surface area contributed by atoms with Gasteiger partial charge in [-0.15, -0.1) is 12.4 Å². The Bertz CT molecular complexity index is 671. The molecule has 2 aromatic rings. The lowest BCUT2D eigenvalue weighted by Gasteiger charge is -2.22. The molecular weight excluding hydrogens is 352 g/mol. The Morgan fingerprint density at radius 3 is 2.77 bits per heavy atom. The summed E-state index contributed by atoms with van der Waals surface area (Å²) in [5.74, 6) is 1.80. The smallest absolute Gasteiger partial charge is 0.248 e. The molecule has 0 bridgehead atoms. The van der Waals surface area contributed by atoms with Gasteiger partial charge in [0.15, 0.2) is 5.82 Å². The lowest BCUT2D eigenvalue weighted by molar-refractivity contribution is -0.122. The van der Waals surface area contributed by atoms with Crippen molar-refractivity contribution in [3.63, 3.8) is 0 Å². The van der Waals surface area contributed by atoms with Crippen LogP contribution in [0.15, 0.2) is 34.9 Å². The van der Waals surface area contributed by atoms with Crippen LogP contribution < -0.4 is 10.6 Å². The standard InChI is InChI=1S/C19H26N4O2.ClH/c1-14(21-18(24)8-7-15-9-11-20-12-10-15)19-22-17(23-25-19)13-16-5-3-2-4-6-16;/h2-6,14-15,20H,7-13H2,1H3,(H,21,24);1H. The number of nitrogens with one attached hydrogen (secondary N) is 2. The van der Waals surface area contributed by atoms with Gasteiger partial charge in [0.1, 0.15) is 6.04 Å². The zero-order chi connectivity index (χ0) is 17.5. The van der Waals surface area contributed by atoms with Gasteiger partial charge in [-0.3, -0.25) is 4.79 Å². The topological polar surface area (TPSA) is 80.0 Å². The average molecular weight is 379 g/mol. The normalized spacial score (nSPS) is 15.9. The van der Waals surface area contributed by atoms with E-state index >= 15 is 0 Å². The van der Waals surface area contributed by atoms with E-state index in [1.165, 1.54) is 0 Å². The molecule has 0 radical (unpaired) electrons. The van der Waals surface area contributed by atoms with Gasteiger partial charge in [0.25, 0.3) is 0 Å². The first-order valence-electron chi connectivity index (χ1n) is 9.07. The van der Waals surface area contributed by atoms with Gasteiger partial charge in [0.05, 0.1) is 0 Å². The van der Waals surface area contributed by atoms with Crippen molar-refractivity contribution in [2.45, 2.75) is 45.1 Å². The summed E-state index contributed by atoms with van der Waals surface area (Å²) >= 11 is 0. The molecule has 3 rings (SSSR count). The number of halogens is 1. The molecule has 0 spiro atoms. The maximum absolute atomic E-state index is 12.2. The van der Waals surface area contributed by atoms with Crippen molar-refractivity contribution in [1.82, 2.24) is 20.8 Å². The number of nitrogens with zero attached hydrogens (tertiary/aromatic N) is 2. The van der Waals surface area contributed by atoms with Gasteiger partial charge in [-0.1, -0.05) is 35.5 Å². The Balaban J connectivity index is 0.00000243. The van der Waals surface area contributed by atoms with E-state index in [1.54, 1.807) is 0 Å². The molecular formula is C19H27ClN4O2. The first-order chi connectivity index (χ1) is 12.2. The van der Waals surface area contributed by atoms with Gasteiger partial charge in [0.2, 0.25) is 11.8 Å². The minimum absolute atomic E-state index is 0. The van der Waals surface area contributed by atoms with Crippen LogP contribution >= 0.6 is 12.4 Å². The maximum atomic E-state index is 12.2. The Labute approximate surface area is 160 Å². The Kier molecular flexibility index (Phi) is 8.06. The highest BCUT2D eigenvalue weighted by Gasteiger charge is 2.19. The van der Waals surface area contributed by atoms with E-state index in [9.17, 15) is 4.79 Å². The van der Waals surface area contributed by atoms with Crippen LogP contribution in [0.4, 0.5) is 0 Å². The van der Waals surface area contributed by atoms with Crippen molar-refractivity contribution < 1.29 is 9.32 Å². The molecule has 1 unspecified atom stereocenters. The van der Waals surface area contributed by atoms with Crippen LogP contribution in [0.2, 0.25) is 0 Å². The SMILES string of the molecule is CC(NC(=O)CCC1CCNCC1)c1nc(Cc2ccccc2)no1.Cl. The monoisotopic (exact) mass is 378 g/mol. The van der Waals surface area contributed by atoms with Gasteiger partial charge < -0.3 is 15.2 Å². The zero-order valence-electron chi connectivity index (χ0n) is 15.1. The number of rotatable bonds is 7. The predicted octanol–water partition coefficient (Wildman–Crippen LogP) is 3.04.